The van der Waals surface area contributed by atoms with Crippen molar-refractivity contribution in [2.45, 2.75) is 37.8 Å². The van der Waals surface area contributed by atoms with Gasteiger partial charge in [0.1, 0.15) is 17.8 Å². The van der Waals surface area contributed by atoms with Gasteiger partial charge in [-0.15, -0.1) is 0 Å². The number of carbonyl (C=O) groups excluding carboxylic acids is 1. The summed E-state index contributed by atoms with van der Waals surface area (Å²) in [5.41, 5.74) is 8.08. The molecule has 2 aromatic carbocycles. The van der Waals surface area contributed by atoms with Crippen LogP contribution in [0.3, 0.4) is 0 Å². The quantitative estimate of drug-likeness (QED) is 0.464. The second kappa shape index (κ2) is 10.7. The highest BCUT2D eigenvalue weighted by molar-refractivity contribution is 5.91. The fourth-order valence-corrected chi connectivity index (χ4v) is 5.13. The van der Waals surface area contributed by atoms with Crippen LogP contribution < -0.4 is 20.1 Å². The number of rotatable bonds is 9. The molecule has 0 amide bonds. The second-order valence-electron chi connectivity index (χ2n) is 9.56. The largest absolute Gasteiger partial charge is 0.493 e. The Morgan fingerprint density at radius 2 is 1.78 bits per heavy atom. The number of aromatic nitrogens is 2. The monoisotopic (exact) mass is 493 g/mol. The van der Waals surface area contributed by atoms with Gasteiger partial charge in [-0.3, -0.25) is 9.69 Å². The number of aliphatic hydroxyl groups is 1. The van der Waals surface area contributed by atoms with Crippen LogP contribution >= 0.6 is 0 Å². The molecule has 0 saturated carbocycles. The standard InChI is InChI=1S/C27H35N5O4/c1-18(33)14-24(34)32-12-10-27(11-13-32,19-8-6-5-7-9-19)17-31(2)26-29-21-16-23(36-4)22(35-3)15-20(21)25(28)30-26/h5-9,15-16,24,34H,10-14,17H2,1-4H3,(H2,28,29,30). The van der Waals surface area contributed by atoms with Gasteiger partial charge in [0.25, 0.3) is 0 Å². The first-order valence-corrected chi connectivity index (χ1v) is 12.1. The summed E-state index contributed by atoms with van der Waals surface area (Å²) in [6, 6.07) is 14.0. The number of ketones is 1. The van der Waals surface area contributed by atoms with E-state index in [4.69, 9.17) is 20.2 Å². The van der Waals surface area contributed by atoms with Gasteiger partial charge >= 0.3 is 0 Å². The third-order valence-corrected chi connectivity index (χ3v) is 7.13. The van der Waals surface area contributed by atoms with Gasteiger partial charge in [-0.05, 0) is 31.4 Å². The van der Waals surface area contributed by atoms with Gasteiger partial charge < -0.3 is 25.2 Å². The summed E-state index contributed by atoms with van der Waals surface area (Å²) < 4.78 is 10.8. The van der Waals surface area contributed by atoms with Gasteiger partial charge in [0.2, 0.25) is 5.95 Å². The molecule has 36 heavy (non-hydrogen) atoms. The maximum absolute atomic E-state index is 11.5. The minimum atomic E-state index is -0.746. The molecular formula is C27H35N5O4. The lowest BCUT2D eigenvalue weighted by Crippen LogP contribution is -2.51. The van der Waals surface area contributed by atoms with Crippen LogP contribution in [-0.2, 0) is 10.2 Å². The van der Waals surface area contributed by atoms with Crippen LogP contribution in [0.5, 0.6) is 11.5 Å². The zero-order chi connectivity index (χ0) is 25.9. The molecule has 1 saturated heterocycles. The highest BCUT2D eigenvalue weighted by atomic mass is 16.5. The number of fused-ring (bicyclic) bond motifs is 1. The van der Waals surface area contributed by atoms with Crippen molar-refractivity contribution in [3.63, 3.8) is 0 Å². The molecule has 0 spiro atoms. The fraction of sp³-hybridized carbons (Fsp3) is 0.444. The molecular weight excluding hydrogens is 458 g/mol. The third kappa shape index (κ3) is 5.22. The van der Waals surface area contributed by atoms with Crippen molar-refractivity contribution in [3.05, 3.63) is 48.0 Å². The normalized spacial score (nSPS) is 16.5. The number of carbonyl (C=O) groups is 1. The molecule has 3 aromatic rings. The van der Waals surface area contributed by atoms with Crippen LogP contribution in [0.15, 0.2) is 42.5 Å². The summed E-state index contributed by atoms with van der Waals surface area (Å²) in [4.78, 5) is 25.0. The van der Waals surface area contributed by atoms with E-state index in [-0.39, 0.29) is 17.6 Å². The van der Waals surface area contributed by atoms with E-state index in [9.17, 15) is 9.90 Å². The number of nitrogens with zero attached hydrogens (tertiary/aromatic N) is 4. The first kappa shape index (κ1) is 25.7. The van der Waals surface area contributed by atoms with E-state index in [1.54, 1.807) is 20.3 Å². The highest BCUT2D eigenvalue weighted by Crippen LogP contribution is 2.38. The summed E-state index contributed by atoms with van der Waals surface area (Å²) in [6.07, 6.45) is 1.05. The molecule has 9 heteroatoms. The molecule has 0 radical (unpaired) electrons. The van der Waals surface area contributed by atoms with E-state index in [2.05, 4.69) is 29.2 Å². The van der Waals surface area contributed by atoms with Crippen molar-refractivity contribution >= 4 is 28.5 Å². The second-order valence-corrected chi connectivity index (χ2v) is 9.56. The molecule has 2 heterocycles. The van der Waals surface area contributed by atoms with Gasteiger partial charge in [-0.25, -0.2) is 4.98 Å². The number of aliphatic hydroxyl groups excluding tert-OH is 1. The fourth-order valence-electron chi connectivity index (χ4n) is 5.13. The molecule has 0 aliphatic carbocycles. The molecule has 3 N–H and O–H groups in total. The number of Topliss-reactive ketones (excluding diaryl/α,β-unsaturated/α-hetero) is 1. The Morgan fingerprint density at radius 3 is 2.39 bits per heavy atom. The van der Waals surface area contributed by atoms with Gasteiger partial charge in [0, 0.05) is 50.0 Å². The summed E-state index contributed by atoms with van der Waals surface area (Å²) >= 11 is 0. The smallest absolute Gasteiger partial charge is 0.227 e. The summed E-state index contributed by atoms with van der Waals surface area (Å²) in [7, 11) is 5.14. The first-order valence-electron chi connectivity index (χ1n) is 12.1. The number of likely N-dealkylation sites (N-methyl/N-ethyl adjacent to an activating group) is 1. The van der Waals surface area contributed by atoms with Gasteiger partial charge in [-0.2, -0.15) is 4.98 Å². The zero-order valence-corrected chi connectivity index (χ0v) is 21.4. The molecule has 1 aliphatic heterocycles. The third-order valence-electron chi connectivity index (χ3n) is 7.13. The number of benzene rings is 2. The van der Waals surface area contributed by atoms with E-state index < -0.39 is 6.23 Å². The van der Waals surface area contributed by atoms with Gasteiger partial charge in [0.15, 0.2) is 11.5 Å². The predicted octanol–water partition coefficient (Wildman–Crippen LogP) is 3.00. The number of hydrogen-bond acceptors (Lipinski definition) is 9. The highest BCUT2D eigenvalue weighted by Gasteiger charge is 2.39. The molecule has 9 nitrogen and oxygen atoms in total. The van der Waals surface area contributed by atoms with E-state index in [0.29, 0.717) is 53.8 Å². The Hall–Kier alpha value is -3.43. The lowest BCUT2D eigenvalue weighted by Gasteiger charge is -2.45. The number of anilines is 2. The van der Waals surface area contributed by atoms with E-state index in [1.165, 1.54) is 12.5 Å². The van der Waals surface area contributed by atoms with E-state index in [1.807, 2.05) is 29.0 Å². The SMILES string of the molecule is COc1cc2nc(N(C)CC3(c4ccccc4)CCN(C(O)CC(C)=O)CC3)nc(N)c2cc1OC. The Bertz CT molecular complexity index is 1210. The number of nitrogen functional groups attached to an aromatic ring is 1. The molecule has 192 valence electrons. The average molecular weight is 494 g/mol. The Labute approximate surface area is 211 Å². The van der Waals surface area contributed by atoms with Crippen molar-refractivity contribution < 1.29 is 19.4 Å². The van der Waals surface area contributed by atoms with Crippen molar-refractivity contribution in [2.75, 3.05) is 51.5 Å². The maximum atomic E-state index is 11.5. The van der Waals surface area contributed by atoms with Crippen LogP contribution in [0, 0.1) is 0 Å². The Kier molecular flexibility index (Phi) is 7.61. The Balaban J connectivity index is 1.63. The van der Waals surface area contributed by atoms with Crippen LogP contribution in [-0.4, -0.2) is 72.9 Å². The zero-order valence-electron chi connectivity index (χ0n) is 21.4. The predicted molar refractivity (Wildman–Crippen MR) is 141 cm³/mol. The maximum Gasteiger partial charge on any atom is 0.227 e. The van der Waals surface area contributed by atoms with Crippen molar-refractivity contribution in [1.82, 2.24) is 14.9 Å². The molecule has 1 fully saturated rings. The van der Waals surface area contributed by atoms with E-state index >= 15 is 0 Å². The molecule has 1 atom stereocenters. The lowest BCUT2D eigenvalue weighted by atomic mass is 9.72. The first-order chi connectivity index (χ1) is 17.3. The van der Waals surface area contributed by atoms with Crippen LogP contribution in [0.4, 0.5) is 11.8 Å². The van der Waals surface area contributed by atoms with Gasteiger partial charge in [0.05, 0.1) is 19.7 Å². The van der Waals surface area contributed by atoms with Crippen LogP contribution in [0.2, 0.25) is 0 Å². The number of piperidine rings is 1. The number of methoxy groups -OCH3 is 2. The average Bonchev–Trinajstić information content (AvgIpc) is 2.88. The summed E-state index contributed by atoms with van der Waals surface area (Å²) in [6.45, 7) is 3.56. The van der Waals surface area contributed by atoms with Gasteiger partial charge in [-0.1, -0.05) is 30.3 Å². The van der Waals surface area contributed by atoms with Crippen molar-refractivity contribution in [3.8, 4) is 11.5 Å². The minimum absolute atomic E-state index is 0.0116. The number of hydrogen-bond donors (Lipinski definition) is 2. The van der Waals surface area contributed by atoms with Crippen LogP contribution in [0.25, 0.3) is 10.9 Å². The van der Waals surface area contributed by atoms with Crippen molar-refractivity contribution in [1.29, 1.82) is 0 Å². The van der Waals surface area contributed by atoms with Crippen molar-refractivity contribution in [2.24, 2.45) is 0 Å². The lowest BCUT2D eigenvalue weighted by molar-refractivity contribution is -0.122. The summed E-state index contributed by atoms with van der Waals surface area (Å²) in [5.74, 6) is 2.04. The molecule has 1 unspecified atom stereocenters. The topological polar surface area (TPSA) is 114 Å². The van der Waals surface area contributed by atoms with Crippen LogP contribution in [0.1, 0.15) is 31.7 Å². The van der Waals surface area contributed by atoms with E-state index in [0.717, 1.165) is 12.8 Å². The number of likely N-dealkylation sites (tertiary alicyclic amines) is 1. The number of ether oxygens (including phenoxy) is 2. The molecule has 4 rings (SSSR count). The Morgan fingerprint density at radius 1 is 1.14 bits per heavy atom. The molecule has 1 aliphatic rings. The minimum Gasteiger partial charge on any atom is -0.493 e. The number of nitrogens with two attached hydrogens (primary N) is 1. The molecule has 1 aromatic heterocycles. The molecule has 0 bridgehead atoms. The summed E-state index contributed by atoms with van der Waals surface area (Å²) in [5, 5.41) is 11.2.